The van der Waals surface area contributed by atoms with Gasteiger partial charge >= 0.3 is 0 Å². The summed E-state index contributed by atoms with van der Waals surface area (Å²) in [6, 6.07) is 4.90. The summed E-state index contributed by atoms with van der Waals surface area (Å²) in [7, 11) is -3.55. The Labute approximate surface area is 106 Å². The highest BCUT2D eigenvalue weighted by Gasteiger charge is 2.27. The van der Waals surface area contributed by atoms with Gasteiger partial charge in [-0.2, -0.15) is 4.31 Å². The highest BCUT2D eigenvalue weighted by molar-refractivity contribution is 7.89. The minimum atomic E-state index is -3.55. The van der Waals surface area contributed by atoms with Crippen molar-refractivity contribution in [1.82, 2.24) is 4.31 Å². The lowest BCUT2D eigenvalue weighted by atomic mass is 10.4. The molecule has 1 fully saturated rings. The first-order valence-electron chi connectivity index (χ1n) is 5.87. The van der Waals surface area contributed by atoms with Crippen molar-refractivity contribution < 1.29 is 17.5 Å². The van der Waals surface area contributed by atoms with Crippen LogP contribution in [0.3, 0.4) is 0 Å². The molecule has 1 unspecified atom stereocenters. The van der Waals surface area contributed by atoms with Gasteiger partial charge in [0.1, 0.15) is 5.82 Å². The SMILES string of the molecule is CC1CN(S(=O)(=O)c2ccc(F)cc2)CCCO1. The molecule has 2 rings (SSSR count). The Morgan fingerprint density at radius 3 is 2.67 bits per heavy atom. The van der Waals surface area contributed by atoms with Gasteiger partial charge < -0.3 is 4.74 Å². The summed E-state index contributed by atoms with van der Waals surface area (Å²) in [4.78, 5) is 0.123. The van der Waals surface area contributed by atoms with Crippen molar-refractivity contribution in [2.75, 3.05) is 19.7 Å². The third-order valence-corrected chi connectivity index (χ3v) is 4.75. The van der Waals surface area contributed by atoms with Crippen LogP contribution < -0.4 is 0 Å². The number of ether oxygens (including phenoxy) is 1. The van der Waals surface area contributed by atoms with E-state index in [1.165, 1.54) is 16.4 Å². The number of hydrogen-bond donors (Lipinski definition) is 0. The molecule has 1 aliphatic heterocycles. The quantitative estimate of drug-likeness (QED) is 0.822. The maximum absolute atomic E-state index is 12.8. The van der Waals surface area contributed by atoms with Gasteiger partial charge in [0, 0.05) is 19.7 Å². The van der Waals surface area contributed by atoms with E-state index in [9.17, 15) is 12.8 Å². The lowest BCUT2D eigenvalue weighted by Gasteiger charge is -2.21. The van der Waals surface area contributed by atoms with Crippen LogP contribution in [0.4, 0.5) is 4.39 Å². The average Bonchev–Trinajstić information content (AvgIpc) is 2.55. The summed E-state index contributed by atoms with van der Waals surface area (Å²) in [5.74, 6) is -0.443. The van der Waals surface area contributed by atoms with Gasteiger partial charge in [0.15, 0.2) is 0 Å². The van der Waals surface area contributed by atoms with Gasteiger partial charge in [0.05, 0.1) is 11.0 Å². The molecule has 0 aliphatic carbocycles. The molecule has 1 saturated heterocycles. The molecule has 0 amide bonds. The molecule has 0 bridgehead atoms. The fraction of sp³-hybridized carbons (Fsp3) is 0.500. The van der Waals surface area contributed by atoms with Crippen LogP contribution in [0.15, 0.2) is 29.2 Å². The van der Waals surface area contributed by atoms with Crippen molar-refractivity contribution in [2.45, 2.75) is 24.3 Å². The second-order valence-corrected chi connectivity index (χ2v) is 6.29. The number of sulfonamides is 1. The van der Waals surface area contributed by atoms with Crippen molar-refractivity contribution in [3.63, 3.8) is 0 Å². The molecule has 0 spiro atoms. The maximum Gasteiger partial charge on any atom is 0.243 e. The van der Waals surface area contributed by atoms with Crippen molar-refractivity contribution in [3.8, 4) is 0 Å². The average molecular weight is 273 g/mol. The van der Waals surface area contributed by atoms with Crippen molar-refractivity contribution in [1.29, 1.82) is 0 Å². The number of nitrogens with zero attached hydrogens (tertiary/aromatic N) is 1. The predicted octanol–water partition coefficient (Wildman–Crippen LogP) is 1.63. The van der Waals surface area contributed by atoms with Crippen LogP contribution in [0, 0.1) is 5.82 Å². The summed E-state index contributed by atoms with van der Waals surface area (Å²) in [5, 5.41) is 0. The molecule has 6 heteroatoms. The molecule has 1 aromatic rings. The van der Waals surface area contributed by atoms with Gasteiger partial charge in [-0.25, -0.2) is 12.8 Å². The van der Waals surface area contributed by atoms with Gasteiger partial charge in [0.25, 0.3) is 0 Å². The minimum absolute atomic E-state index is 0.122. The largest absolute Gasteiger partial charge is 0.377 e. The van der Waals surface area contributed by atoms with E-state index in [4.69, 9.17) is 4.74 Å². The molecule has 4 nitrogen and oxygen atoms in total. The Hall–Kier alpha value is -0.980. The standard InChI is InChI=1S/C12H16FNO3S/c1-10-9-14(7-2-8-17-10)18(15,16)12-5-3-11(13)4-6-12/h3-6,10H,2,7-9H2,1H3. The second kappa shape index (κ2) is 5.34. The zero-order valence-electron chi connectivity index (χ0n) is 10.2. The Bertz CT molecular complexity index is 501. The third kappa shape index (κ3) is 2.88. The maximum atomic E-state index is 12.8. The number of halogens is 1. The van der Waals surface area contributed by atoms with Gasteiger partial charge in [-0.05, 0) is 37.6 Å². The Balaban J connectivity index is 2.26. The van der Waals surface area contributed by atoms with Crippen molar-refractivity contribution >= 4 is 10.0 Å². The minimum Gasteiger partial charge on any atom is -0.377 e. The van der Waals surface area contributed by atoms with Gasteiger partial charge in [-0.3, -0.25) is 0 Å². The Morgan fingerprint density at radius 2 is 2.00 bits per heavy atom. The van der Waals surface area contributed by atoms with E-state index >= 15 is 0 Å². The third-order valence-electron chi connectivity index (χ3n) is 2.87. The first-order valence-corrected chi connectivity index (χ1v) is 7.31. The number of benzene rings is 1. The van der Waals surface area contributed by atoms with Gasteiger partial charge in [0.2, 0.25) is 10.0 Å². The monoisotopic (exact) mass is 273 g/mol. The Morgan fingerprint density at radius 1 is 1.33 bits per heavy atom. The summed E-state index contributed by atoms with van der Waals surface area (Å²) in [6.45, 7) is 3.18. The van der Waals surface area contributed by atoms with E-state index in [1.807, 2.05) is 6.92 Å². The summed E-state index contributed by atoms with van der Waals surface area (Å²) in [6.07, 6.45) is 0.549. The van der Waals surface area contributed by atoms with E-state index in [0.29, 0.717) is 26.1 Å². The van der Waals surface area contributed by atoms with Crippen LogP contribution in [0.1, 0.15) is 13.3 Å². The Kier molecular flexibility index (Phi) is 3.99. The predicted molar refractivity (Wildman–Crippen MR) is 65.2 cm³/mol. The zero-order valence-corrected chi connectivity index (χ0v) is 11.0. The number of rotatable bonds is 2. The lowest BCUT2D eigenvalue weighted by Crippen LogP contribution is -2.35. The molecule has 1 aromatic carbocycles. The molecule has 1 heterocycles. The van der Waals surface area contributed by atoms with E-state index in [0.717, 1.165) is 12.1 Å². The molecule has 0 N–H and O–H groups in total. The van der Waals surface area contributed by atoms with Gasteiger partial charge in [-0.1, -0.05) is 0 Å². The molecule has 100 valence electrons. The molecule has 0 saturated carbocycles. The summed E-state index contributed by atoms with van der Waals surface area (Å²) >= 11 is 0. The van der Waals surface area contributed by atoms with Gasteiger partial charge in [-0.15, -0.1) is 0 Å². The first-order chi connectivity index (χ1) is 8.50. The van der Waals surface area contributed by atoms with E-state index < -0.39 is 15.8 Å². The summed E-state index contributed by atoms with van der Waals surface area (Å²) < 4.78 is 44.3. The van der Waals surface area contributed by atoms with Crippen LogP contribution in [0.2, 0.25) is 0 Å². The van der Waals surface area contributed by atoms with E-state index in [1.54, 1.807) is 0 Å². The molecular weight excluding hydrogens is 257 g/mol. The molecule has 0 aromatic heterocycles. The van der Waals surface area contributed by atoms with E-state index in [2.05, 4.69) is 0 Å². The molecule has 18 heavy (non-hydrogen) atoms. The van der Waals surface area contributed by atoms with Crippen molar-refractivity contribution in [2.24, 2.45) is 0 Å². The highest BCUT2D eigenvalue weighted by Crippen LogP contribution is 2.19. The van der Waals surface area contributed by atoms with Crippen LogP contribution in [0.5, 0.6) is 0 Å². The molecular formula is C12H16FNO3S. The molecule has 0 radical (unpaired) electrons. The van der Waals surface area contributed by atoms with Crippen LogP contribution >= 0.6 is 0 Å². The highest BCUT2D eigenvalue weighted by atomic mass is 32.2. The smallest absolute Gasteiger partial charge is 0.243 e. The second-order valence-electron chi connectivity index (χ2n) is 4.35. The topological polar surface area (TPSA) is 46.6 Å². The fourth-order valence-electron chi connectivity index (χ4n) is 1.93. The number of hydrogen-bond acceptors (Lipinski definition) is 3. The first kappa shape index (κ1) is 13.5. The van der Waals surface area contributed by atoms with Crippen LogP contribution in [-0.4, -0.2) is 38.5 Å². The van der Waals surface area contributed by atoms with Crippen molar-refractivity contribution in [3.05, 3.63) is 30.1 Å². The van der Waals surface area contributed by atoms with Crippen LogP contribution in [0.25, 0.3) is 0 Å². The summed E-state index contributed by atoms with van der Waals surface area (Å²) in [5.41, 5.74) is 0. The zero-order chi connectivity index (χ0) is 13.2. The molecule has 1 atom stereocenters. The lowest BCUT2D eigenvalue weighted by molar-refractivity contribution is 0.0752. The van der Waals surface area contributed by atoms with E-state index in [-0.39, 0.29) is 11.0 Å². The molecule has 1 aliphatic rings. The fourth-order valence-corrected chi connectivity index (χ4v) is 3.48. The van der Waals surface area contributed by atoms with Crippen LogP contribution in [-0.2, 0) is 14.8 Å². The normalized spacial score (nSPS) is 22.7.